The molecule has 1 aromatic carbocycles. The van der Waals surface area contributed by atoms with Crippen molar-refractivity contribution in [1.29, 1.82) is 0 Å². The van der Waals surface area contributed by atoms with Crippen LogP contribution in [0.4, 0.5) is 11.4 Å². The first-order chi connectivity index (χ1) is 9.56. The number of rotatable bonds is 1. The fraction of sp³-hybridized carbons (Fsp3) is 0.250. The highest BCUT2D eigenvalue weighted by atomic mass is 32.2. The molecule has 2 aliphatic heterocycles. The Balaban J connectivity index is 2.34. The number of amides is 2. The molecule has 3 rings (SSSR count). The standard InChI is InChI=1S/C12H12N2O4S2/c15-10-4-19-6-20-5-11(16)14-9-2-1-7(13-10)3-8(9)12(17)18/h1-3H,4-6H2,(H,13,15)(H,14,16)(H,17,18). The summed E-state index contributed by atoms with van der Waals surface area (Å²) in [6.45, 7) is 0. The second-order valence-corrected chi connectivity index (χ2v) is 6.31. The van der Waals surface area contributed by atoms with E-state index in [1.165, 1.54) is 35.7 Å². The number of hydrogen-bond acceptors (Lipinski definition) is 5. The summed E-state index contributed by atoms with van der Waals surface area (Å²) in [5.41, 5.74) is 0.582. The molecule has 2 bridgehead atoms. The lowest BCUT2D eigenvalue weighted by Gasteiger charge is -2.10. The number of carboxylic acid groups (broad SMARTS) is 1. The Morgan fingerprint density at radius 3 is 2.40 bits per heavy atom. The molecular weight excluding hydrogens is 300 g/mol. The molecule has 0 spiro atoms. The van der Waals surface area contributed by atoms with Crippen LogP contribution in [0.5, 0.6) is 0 Å². The average molecular weight is 312 g/mol. The van der Waals surface area contributed by atoms with Crippen LogP contribution in [0.3, 0.4) is 0 Å². The molecule has 3 N–H and O–H groups in total. The molecule has 2 heterocycles. The SMILES string of the molecule is O=C1CSCSCC(=O)Nc2ccc(cc2C(=O)O)N1. The van der Waals surface area contributed by atoms with Crippen molar-refractivity contribution in [3.8, 4) is 0 Å². The van der Waals surface area contributed by atoms with Gasteiger partial charge in [-0.25, -0.2) is 4.79 Å². The summed E-state index contributed by atoms with van der Waals surface area (Å²) in [4.78, 5) is 34.6. The zero-order valence-electron chi connectivity index (χ0n) is 10.3. The number of benzene rings is 1. The Labute approximate surface area is 123 Å². The summed E-state index contributed by atoms with van der Waals surface area (Å²) in [6.07, 6.45) is 0. The molecule has 106 valence electrons. The normalized spacial score (nSPS) is 16.4. The van der Waals surface area contributed by atoms with Crippen molar-refractivity contribution in [3.63, 3.8) is 0 Å². The maximum absolute atomic E-state index is 11.7. The van der Waals surface area contributed by atoms with Crippen LogP contribution in [0.2, 0.25) is 0 Å². The van der Waals surface area contributed by atoms with Crippen LogP contribution in [0.25, 0.3) is 0 Å². The molecule has 0 fully saturated rings. The van der Waals surface area contributed by atoms with E-state index in [-0.39, 0.29) is 34.6 Å². The van der Waals surface area contributed by atoms with Gasteiger partial charge in [0.2, 0.25) is 11.8 Å². The van der Waals surface area contributed by atoms with Crippen LogP contribution in [0.1, 0.15) is 10.4 Å². The maximum Gasteiger partial charge on any atom is 0.337 e. The van der Waals surface area contributed by atoms with Gasteiger partial charge in [0, 0.05) is 10.8 Å². The molecule has 0 aliphatic carbocycles. The lowest BCUT2D eigenvalue weighted by atomic mass is 10.1. The molecule has 0 saturated heterocycles. The Hall–Kier alpha value is -1.67. The molecule has 0 radical (unpaired) electrons. The molecule has 2 amide bonds. The third-order valence-corrected chi connectivity index (χ3v) is 4.71. The number of aromatic carboxylic acids is 1. The van der Waals surface area contributed by atoms with Crippen LogP contribution in [-0.2, 0) is 9.59 Å². The quantitative estimate of drug-likeness (QED) is 0.730. The van der Waals surface area contributed by atoms with Crippen molar-refractivity contribution in [2.45, 2.75) is 0 Å². The van der Waals surface area contributed by atoms with Gasteiger partial charge in [-0.2, -0.15) is 0 Å². The van der Waals surface area contributed by atoms with Gasteiger partial charge in [-0.15, -0.1) is 23.5 Å². The zero-order valence-corrected chi connectivity index (χ0v) is 12.0. The molecule has 20 heavy (non-hydrogen) atoms. The number of fused-ring (bicyclic) bond motifs is 10. The van der Waals surface area contributed by atoms with Crippen molar-refractivity contribution in [2.24, 2.45) is 0 Å². The van der Waals surface area contributed by atoms with Crippen LogP contribution >= 0.6 is 23.5 Å². The van der Waals surface area contributed by atoms with Gasteiger partial charge in [0.15, 0.2) is 0 Å². The molecule has 0 aromatic heterocycles. The van der Waals surface area contributed by atoms with Crippen molar-refractivity contribution in [3.05, 3.63) is 23.8 Å². The van der Waals surface area contributed by atoms with E-state index in [0.717, 1.165) is 0 Å². The number of nitrogens with one attached hydrogen (secondary N) is 2. The minimum absolute atomic E-state index is 0.0481. The van der Waals surface area contributed by atoms with E-state index in [1.807, 2.05) is 0 Å². The molecule has 0 atom stereocenters. The molecular formula is C12H12N2O4S2. The largest absolute Gasteiger partial charge is 0.478 e. The number of carbonyl (C=O) groups is 3. The Morgan fingerprint density at radius 1 is 1.10 bits per heavy atom. The lowest BCUT2D eigenvalue weighted by molar-refractivity contribution is -0.114. The van der Waals surface area contributed by atoms with Crippen molar-refractivity contribution in [2.75, 3.05) is 27.2 Å². The van der Waals surface area contributed by atoms with Gasteiger partial charge in [0.25, 0.3) is 0 Å². The van der Waals surface area contributed by atoms with Crippen molar-refractivity contribution >= 4 is 52.7 Å². The van der Waals surface area contributed by atoms with Crippen LogP contribution < -0.4 is 10.6 Å². The fourth-order valence-electron chi connectivity index (χ4n) is 1.62. The van der Waals surface area contributed by atoms with E-state index in [4.69, 9.17) is 5.11 Å². The highest BCUT2D eigenvalue weighted by Gasteiger charge is 2.15. The first-order valence-corrected chi connectivity index (χ1v) is 8.00. The lowest BCUT2D eigenvalue weighted by Crippen LogP contribution is -2.17. The fourth-order valence-corrected chi connectivity index (χ4v) is 3.27. The highest BCUT2D eigenvalue weighted by molar-refractivity contribution is 8.16. The molecule has 8 heteroatoms. The van der Waals surface area contributed by atoms with Gasteiger partial charge in [0.05, 0.1) is 22.8 Å². The van der Waals surface area contributed by atoms with Gasteiger partial charge in [-0.1, -0.05) is 0 Å². The Bertz CT molecular complexity index is 562. The molecule has 0 saturated carbocycles. The zero-order chi connectivity index (χ0) is 14.5. The van der Waals surface area contributed by atoms with E-state index < -0.39 is 5.97 Å². The number of carbonyl (C=O) groups excluding carboxylic acids is 2. The topological polar surface area (TPSA) is 95.5 Å². The average Bonchev–Trinajstić information content (AvgIpc) is 2.41. The van der Waals surface area contributed by atoms with Gasteiger partial charge in [-0.05, 0) is 18.2 Å². The minimum atomic E-state index is -1.16. The number of anilines is 2. The summed E-state index contributed by atoms with van der Waals surface area (Å²) in [6, 6.07) is 4.38. The van der Waals surface area contributed by atoms with Gasteiger partial charge >= 0.3 is 5.97 Å². The van der Waals surface area contributed by atoms with E-state index in [2.05, 4.69) is 10.6 Å². The predicted octanol–water partition coefficient (Wildman–Crippen LogP) is 1.70. The predicted molar refractivity (Wildman–Crippen MR) is 80.4 cm³/mol. The first-order valence-electron chi connectivity index (χ1n) is 5.69. The minimum Gasteiger partial charge on any atom is -0.478 e. The maximum atomic E-state index is 11.7. The van der Waals surface area contributed by atoms with E-state index in [9.17, 15) is 14.4 Å². The van der Waals surface area contributed by atoms with Crippen LogP contribution in [-0.4, -0.2) is 39.5 Å². The van der Waals surface area contributed by atoms with Crippen LogP contribution in [0.15, 0.2) is 18.2 Å². The van der Waals surface area contributed by atoms with Crippen molar-refractivity contribution in [1.82, 2.24) is 0 Å². The summed E-state index contributed by atoms with van der Waals surface area (Å²) >= 11 is 2.79. The third-order valence-electron chi connectivity index (χ3n) is 2.44. The second kappa shape index (κ2) is 6.67. The Kier molecular flexibility index (Phi) is 4.91. The van der Waals surface area contributed by atoms with E-state index in [1.54, 1.807) is 6.07 Å². The van der Waals surface area contributed by atoms with Gasteiger partial charge in [0.1, 0.15) is 0 Å². The summed E-state index contributed by atoms with van der Waals surface area (Å²) < 4.78 is 0. The van der Waals surface area contributed by atoms with Gasteiger partial charge in [-0.3, -0.25) is 9.59 Å². The first kappa shape index (κ1) is 14.7. The Morgan fingerprint density at radius 2 is 1.75 bits per heavy atom. The monoisotopic (exact) mass is 312 g/mol. The van der Waals surface area contributed by atoms with E-state index >= 15 is 0 Å². The third kappa shape index (κ3) is 3.91. The van der Waals surface area contributed by atoms with Crippen LogP contribution in [0, 0.1) is 0 Å². The number of hydrogen-bond donors (Lipinski definition) is 3. The van der Waals surface area contributed by atoms with E-state index in [0.29, 0.717) is 10.8 Å². The molecule has 2 aliphatic rings. The summed E-state index contributed by atoms with van der Waals surface area (Å²) in [5, 5.41) is 15.0. The smallest absolute Gasteiger partial charge is 0.337 e. The number of carboxylic acids is 1. The van der Waals surface area contributed by atoms with Crippen molar-refractivity contribution < 1.29 is 19.5 Å². The summed E-state index contributed by atoms with van der Waals surface area (Å²) in [5.74, 6) is -1.13. The molecule has 0 unspecified atom stereocenters. The highest BCUT2D eigenvalue weighted by Crippen LogP contribution is 2.22. The number of thioether (sulfide) groups is 2. The molecule has 1 aromatic rings. The second-order valence-electron chi connectivity index (χ2n) is 3.98. The molecule has 6 nitrogen and oxygen atoms in total. The summed E-state index contributed by atoms with van der Waals surface area (Å²) in [7, 11) is 0. The van der Waals surface area contributed by atoms with Gasteiger partial charge < -0.3 is 15.7 Å².